The lowest BCUT2D eigenvalue weighted by Crippen LogP contribution is -2.34. The Labute approximate surface area is 122 Å². The maximum absolute atomic E-state index is 13.7. The molecule has 0 saturated carbocycles. The highest BCUT2D eigenvalue weighted by Crippen LogP contribution is 2.18. The summed E-state index contributed by atoms with van der Waals surface area (Å²) in [4.78, 5) is 12.0. The summed E-state index contributed by atoms with van der Waals surface area (Å²) in [6, 6.07) is 13.5. The van der Waals surface area contributed by atoms with Crippen LogP contribution in [0.15, 0.2) is 48.5 Å². The lowest BCUT2D eigenvalue weighted by Gasteiger charge is -2.11. The van der Waals surface area contributed by atoms with Crippen LogP contribution in [-0.2, 0) is 17.6 Å². The van der Waals surface area contributed by atoms with E-state index in [0.717, 1.165) is 5.56 Å². The van der Waals surface area contributed by atoms with Crippen LogP contribution < -0.4 is 5.73 Å². The molecule has 0 spiro atoms. The summed E-state index contributed by atoms with van der Waals surface area (Å²) in [6.07, 6.45) is 0.405. The number of hydrogen-bond acceptors (Lipinski definition) is 2. The molecule has 2 N–H and O–H groups in total. The number of nitrogens with two attached hydrogens (primary N) is 1. The van der Waals surface area contributed by atoms with Gasteiger partial charge in [-0.2, -0.15) is 0 Å². The number of ketones is 1. The number of rotatable bonds is 5. The Bertz CT molecular complexity index is 601. The molecule has 0 aromatic heterocycles. The van der Waals surface area contributed by atoms with Crippen molar-refractivity contribution in [2.75, 3.05) is 0 Å². The minimum absolute atomic E-state index is 0.0203. The van der Waals surface area contributed by atoms with E-state index in [4.69, 9.17) is 17.3 Å². The van der Waals surface area contributed by atoms with Gasteiger partial charge in [0.15, 0.2) is 5.78 Å². The van der Waals surface area contributed by atoms with E-state index in [0.29, 0.717) is 6.42 Å². The van der Waals surface area contributed by atoms with Gasteiger partial charge in [-0.15, -0.1) is 0 Å². The summed E-state index contributed by atoms with van der Waals surface area (Å²) >= 11 is 5.69. The molecule has 2 nitrogen and oxygen atoms in total. The van der Waals surface area contributed by atoms with Crippen LogP contribution >= 0.6 is 11.6 Å². The van der Waals surface area contributed by atoms with Crippen molar-refractivity contribution in [2.24, 2.45) is 5.73 Å². The van der Waals surface area contributed by atoms with Gasteiger partial charge in [0.2, 0.25) is 0 Å². The first-order chi connectivity index (χ1) is 9.58. The van der Waals surface area contributed by atoms with Crippen molar-refractivity contribution < 1.29 is 9.18 Å². The fraction of sp³-hybridized carbons (Fsp3) is 0.188. The number of carbonyl (C=O) groups is 1. The van der Waals surface area contributed by atoms with E-state index in [1.54, 1.807) is 12.1 Å². The third kappa shape index (κ3) is 3.65. The monoisotopic (exact) mass is 291 g/mol. The van der Waals surface area contributed by atoms with Crippen LogP contribution in [0.5, 0.6) is 0 Å². The number of halogens is 2. The molecule has 0 fully saturated rings. The summed E-state index contributed by atoms with van der Waals surface area (Å²) in [6.45, 7) is 0. The second-order valence-electron chi connectivity index (χ2n) is 4.65. The molecular weight excluding hydrogens is 277 g/mol. The third-order valence-corrected chi connectivity index (χ3v) is 3.40. The third-order valence-electron chi connectivity index (χ3n) is 3.11. The molecule has 1 unspecified atom stereocenters. The first-order valence-corrected chi connectivity index (χ1v) is 6.71. The van der Waals surface area contributed by atoms with Gasteiger partial charge in [0.25, 0.3) is 0 Å². The molecule has 4 heteroatoms. The van der Waals surface area contributed by atoms with Gasteiger partial charge in [0.1, 0.15) is 5.82 Å². The largest absolute Gasteiger partial charge is 0.321 e. The second-order valence-corrected chi connectivity index (χ2v) is 5.06. The molecule has 0 saturated heterocycles. The minimum Gasteiger partial charge on any atom is -0.321 e. The summed E-state index contributed by atoms with van der Waals surface area (Å²) in [5.41, 5.74) is 7.15. The molecule has 2 rings (SSSR count). The van der Waals surface area contributed by atoms with Gasteiger partial charge in [-0.25, -0.2) is 4.39 Å². The normalized spacial score (nSPS) is 12.2. The molecule has 0 radical (unpaired) electrons. The van der Waals surface area contributed by atoms with E-state index in [2.05, 4.69) is 0 Å². The van der Waals surface area contributed by atoms with E-state index in [-0.39, 0.29) is 22.8 Å². The number of carbonyl (C=O) groups excluding carboxylic acids is 1. The maximum atomic E-state index is 13.7. The molecule has 20 heavy (non-hydrogen) atoms. The first-order valence-electron chi connectivity index (χ1n) is 6.33. The van der Waals surface area contributed by atoms with E-state index in [1.165, 1.54) is 6.07 Å². The molecule has 0 aliphatic carbocycles. The zero-order valence-electron chi connectivity index (χ0n) is 10.9. The number of benzene rings is 2. The Kier molecular flexibility index (Phi) is 4.88. The molecule has 0 amide bonds. The first kappa shape index (κ1) is 14.7. The van der Waals surface area contributed by atoms with Crippen LogP contribution in [0, 0.1) is 5.82 Å². The van der Waals surface area contributed by atoms with Gasteiger partial charge in [0, 0.05) is 6.42 Å². The molecule has 0 aliphatic heterocycles. The fourth-order valence-corrected chi connectivity index (χ4v) is 2.18. The molecule has 2 aromatic carbocycles. The van der Waals surface area contributed by atoms with Gasteiger partial charge in [-0.05, 0) is 23.6 Å². The molecule has 0 bridgehead atoms. The van der Waals surface area contributed by atoms with Crippen LogP contribution in [0.1, 0.15) is 11.1 Å². The Balaban J connectivity index is 2.03. The lowest BCUT2D eigenvalue weighted by atomic mass is 9.98. The Hall–Kier alpha value is -1.71. The highest BCUT2D eigenvalue weighted by molar-refractivity contribution is 6.30. The SMILES string of the molecule is NC(Cc1ccccc1)C(=O)Cc1cccc(Cl)c1F. The van der Waals surface area contributed by atoms with Crippen molar-refractivity contribution in [1.82, 2.24) is 0 Å². The fourth-order valence-electron chi connectivity index (χ4n) is 1.99. The Morgan fingerprint density at radius 2 is 1.85 bits per heavy atom. The maximum Gasteiger partial charge on any atom is 0.154 e. The van der Waals surface area contributed by atoms with E-state index in [9.17, 15) is 9.18 Å². The van der Waals surface area contributed by atoms with Gasteiger partial charge in [0.05, 0.1) is 11.1 Å². The van der Waals surface area contributed by atoms with E-state index in [1.807, 2.05) is 30.3 Å². The Morgan fingerprint density at radius 1 is 1.15 bits per heavy atom. The van der Waals surface area contributed by atoms with Crippen molar-refractivity contribution in [2.45, 2.75) is 18.9 Å². The standard InChI is InChI=1S/C16H15ClFNO/c17-13-8-4-7-12(16(13)18)10-15(20)14(19)9-11-5-2-1-3-6-11/h1-8,14H,9-10,19H2. The summed E-state index contributed by atoms with van der Waals surface area (Å²) in [7, 11) is 0. The molecule has 0 aliphatic rings. The van der Waals surface area contributed by atoms with Gasteiger partial charge < -0.3 is 5.73 Å². The topological polar surface area (TPSA) is 43.1 Å². The van der Waals surface area contributed by atoms with Gasteiger partial charge >= 0.3 is 0 Å². The van der Waals surface area contributed by atoms with Crippen molar-refractivity contribution >= 4 is 17.4 Å². The predicted octanol–water partition coefficient (Wildman–Crippen LogP) is 3.16. The molecule has 2 aromatic rings. The lowest BCUT2D eigenvalue weighted by molar-refractivity contribution is -0.119. The summed E-state index contributed by atoms with van der Waals surface area (Å²) in [5, 5.41) is 0.0203. The predicted molar refractivity (Wildman–Crippen MR) is 78.2 cm³/mol. The van der Waals surface area contributed by atoms with Crippen LogP contribution in [0.3, 0.4) is 0 Å². The smallest absolute Gasteiger partial charge is 0.154 e. The Morgan fingerprint density at radius 3 is 2.55 bits per heavy atom. The minimum atomic E-state index is -0.643. The summed E-state index contributed by atoms with van der Waals surface area (Å²) in [5.74, 6) is -0.746. The molecular formula is C16H15ClFNO. The van der Waals surface area contributed by atoms with Crippen molar-refractivity contribution in [3.63, 3.8) is 0 Å². The molecule has 104 valence electrons. The van der Waals surface area contributed by atoms with E-state index >= 15 is 0 Å². The van der Waals surface area contributed by atoms with Crippen LogP contribution in [-0.4, -0.2) is 11.8 Å². The highest BCUT2D eigenvalue weighted by Gasteiger charge is 2.17. The molecule has 0 heterocycles. The van der Waals surface area contributed by atoms with Crippen LogP contribution in [0.25, 0.3) is 0 Å². The van der Waals surface area contributed by atoms with Crippen molar-refractivity contribution in [3.05, 3.63) is 70.5 Å². The average molecular weight is 292 g/mol. The second kappa shape index (κ2) is 6.64. The van der Waals surface area contributed by atoms with Crippen molar-refractivity contribution in [3.8, 4) is 0 Å². The quantitative estimate of drug-likeness (QED) is 0.919. The van der Waals surface area contributed by atoms with Gasteiger partial charge in [-0.3, -0.25) is 4.79 Å². The average Bonchev–Trinajstić information content (AvgIpc) is 2.45. The van der Waals surface area contributed by atoms with Crippen LogP contribution in [0.2, 0.25) is 5.02 Å². The molecule has 1 atom stereocenters. The van der Waals surface area contributed by atoms with Gasteiger partial charge in [-0.1, -0.05) is 54.1 Å². The highest BCUT2D eigenvalue weighted by atomic mass is 35.5. The number of hydrogen-bond donors (Lipinski definition) is 1. The zero-order valence-corrected chi connectivity index (χ0v) is 11.6. The van der Waals surface area contributed by atoms with E-state index < -0.39 is 11.9 Å². The van der Waals surface area contributed by atoms with Crippen molar-refractivity contribution in [1.29, 1.82) is 0 Å². The van der Waals surface area contributed by atoms with Crippen LogP contribution in [0.4, 0.5) is 4.39 Å². The number of Topliss-reactive ketones (excluding diaryl/α,β-unsaturated/α-hetero) is 1. The summed E-state index contributed by atoms with van der Waals surface area (Å²) < 4.78 is 13.7. The zero-order chi connectivity index (χ0) is 14.5.